The van der Waals surface area contributed by atoms with Crippen LogP contribution in [0.25, 0.3) is 0 Å². The number of aliphatic hydroxyl groups excluding tert-OH is 1. The summed E-state index contributed by atoms with van der Waals surface area (Å²) in [6.45, 7) is 4.73. The molecule has 2 aromatic rings. The lowest BCUT2D eigenvalue weighted by molar-refractivity contribution is 0.172. The Bertz CT molecular complexity index is 683. The first kappa shape index (κ1) is 15.2. The Morgan fingerprint density at radius 3 is 2.73 bits per heavy atom. The van der Waals surface area contributed by atoms with Crippen LogP contribution in [0.1, 0.15) is 35.1 Å². The number of nitrogens with zero attached hydrogens (tertiary/aromatic N) is 1. The van der Waals surface area contributed by atoms with Crippen molar-refractivity contribution >= 4 is 0 Å². The number of aryl methyl sites for hydroxylation is 2. The molecule has 1 aromatic heterocycles. The third kappa shape index (κ3) is 2.91. The summed E-state index contributed by atoms with van der Waals surface area (Å²) in [5.41, 5.74) is 1.31. The third-order valence-corrected chi connectivity index (χ3v) is 4.22. The van der Waals surface area contributed by atoms with E-state index in [-0.39, 0.29) is 6.04 Å². The number of hydrogen-bond donors (Lipinski definition) is 1. The van der Waals surface area contributed by atoms with E-state index >= 15 is 0 Å². The van der Waals surface area contributed by atoms with Gasteiger partial charge in [0.2, 0.25) is 0 Å². The first-order chi connectivity index (χ1) is 10.4. The van der Waals surface area contributed by atoms with E-state index in [9.17, 15) is 13.9 Å². The number of halogens is 2. The van der Waals surface area contributed by atoms with Crippen molar-refractivity contribution in [3.05, 3.63) is 58.5 Å². The molecule has 1 N–H and O–H groups in total. The summed E-state index contributed by atoms with van der Waals surface area (Å²) in [4.78, 5) is 1.97. The summed E-state index contributed by atoms with van der Waals surface area (Å²) >= 11 is 0. The van der Waals surface area contributed by atoms with Gasteiger partial charge in [0.1, 0.15) is 23.2 Å². The van der Waals surface area contributed by atoms with Gasteiger partial charge in [0.25, 0.3) is 0 Å². The van der Waals surface area contributed by atoms with Gasteiger partial charge in [-0.25, -0.2) is 8.78 Å². The predicted molar refractivity (Wildman–Crippen MR) is 78.3 cm³/mol. The second-order valence-electron chi connectivity index (χ2n) is 5.94. The van der Waals surface area contributed by atoms with E-state index in [1.165, 1.54) is 6.07 Å². The Balaban J connectivity index is 1.89. The average molecular weight is 307 g/mol. The number of likely N-dealkylation sites (tertiary alicyclic amines) is 1. The normalized spacial score (nSPS) is 22.4. The van der Waals surface area contributed by atoms with Crippen LogP contribution < -0.4 is 0 Å². The Labute approximate surface area is 128 Å². The summed E-state index contributed by atoms with van der Waals surface area (Å²) in [5, 5.41) is 9.96. The minimum absolute atomic E-state index is 0.300. The minimum atomic E-state index is -0.541. The second-order valence-corrected chi connectivity index (χ2v) is 5.94. The number of benzene rings is 1. The van der Waals surface area contributed by atoms with Crippen LogP contribution in [-0.2, 0) is 6.54 Å². The van der Waals surface area contributed by atoms with E-state index in [0.29, 0.717) is 25.1 Å². The monoisotopic (exact) mass is 307 g/mol. The van der Waals surface area contributed by atoms with Crippen LogP contribution in [0, 0.1) is 25.5 Å². The molecule has 1 aromatic carbocycles. The molecule has 0 radical (unpaired) electrons. The largest absolute Gasteiger partial charge is 0.466 e. The van der Waals surface area contributed by atoms with Gasteiger partial charge in [0, 0.05) is 30.3 Å². The highest BCUT2D eigenvalue weighted by Crippen LogP contribution is 2.35. The molecular weight excluding hydrogens is 288 g/mol. The van der Waals surface area contributed by atoms with Crippen LogP contribution in [-0.4, -0.2) is 22.7 Å². The van der Waals surface area contributed by atoms with Crippen LogP contribution in [0.3, 0.4) is 0 Å². The molecule has 22 heavy (non-hydrogen) atoms. The quantitative estimate of drug-likeness (QED) is 0.943. The second kappa shape index (κ2) is 5.82. The van der Waals surface area contributed by atoms with Gasteiger partial charge in [-0.05, 0) is 44.5 Å². The molecule has 3 nitrogen and oxygen atoms in total. The first-order valence-corrected chi connectivity index (χ1v) is 7.37. The van der Waals surface area contributed by atoms with Crippen LogP contribution in [0.4, 0.5) is 8.78 Å². The van der Waals surface area contributed by atoms with Crippen molar-refractivity contribution in [2.75, 3.05) is 6.54 Å². The average Bonchev–Trinajstić information content (AvgIpc) is 2.96. The molecule has 2 atom stereocenters. The highest BCUT2D eigenvalue weighted by molar-refractivity contribution is 5.25. The van der Waals surface area contributed by atoms with Gasteiger partial charge in [0.15, 0.2) is 0 Å². The topological polar surface area (TPSA) is 36.6 Å². The van der Waals surface area contributed by atoms with Gasteiger partial charge in [-0.3, -0.25) is 4.90 Å². The van der Waals surface area contributed by atoms with Crippen molar-refractivity contribution in [3.8, 4) is 0 Å². The number of furan rings is 1. The Kier molecular flexibility index (Phi) is 4.02. The van der Waals surface area contributed by atoms with Crippen molar-refractivity contribution < 1.29 is 18.3 Å². The van der Waals surface area contributed by atoms with Crippen LogP contribution in [0.5, 0.6) is 0 Å². The lowest BCUT2D eigenvalue weighted by Gasteiger charge is -2.24. The molecule has 1 aliphatic heterocycles. The maximum atomic E-state index is 14.1. The lowest BCUT2D eigenvalue weighted by atomic mass is 10.0. The first-order valence-electron chi connectivity index (χ1n) is 7.37. The van der Waals surface area contributed by atoms with Gasteiger partial charge < -0.3 is 9.52 Å². The van der Waals surface area contributed by atoms with E-state index in [1.807, 2.05) is 24.8 Å². The molecule has 1 saturated heterocycles. The highest BCUT2D eigenvalue weighted by atomic mass is 19.1. The fourth-order valence-electron chi connectivity index (χ4n) is 3.21. The molecule has 2 heterocycles. The Morgan fingerprint density at radius 1 is 1.27 bits per heavy atom. The lowest BCUT2D eigenvalue weighted by Crippen LogP contribution is -2.25. The molecule has 0 aliphatic carbocycles. The summed E-state index contributed by atoms with van der Waals surface area (Å²) < 4.78 is 33.0. The molecule has 1 aliphatic rings. The predicted octanol–water partition coefficient (Wildman–Crippen LogP) is 3.48. The fraction of sp³-hybridized carbons (Fsp3) is 0.412. The molecule has 118 valence electrons. The number of aliphatic hydroxyl groups is 1. The van der Waals surface area contributed by atoms with E-state index in [2.05, 4.69) is 0 Å². The van der Waals surface area contributed by atoms with Crippen LogP contribution >= 0.6 is 0 Å². The van der Waals surface area contributed by atoms with Crippen molar-refractivity contribution in [2.45, 2.75) is 39.0 Å². The van der Waals surface area contributed by atoms with Crippen molar-refractivity contribution in [2.24, 2.45) is 0 Å². The van der Waals surface area contributed by atoms with Crippen LogP contribution in [0.15, 0.2) is 28.7 Å². The number of β-amino-alcohol motifs (C(OH)–C–C–N with tert-alkyl or cyclic N) is 1. The van der Waals surface area contributed by atoms with Gasteiger partial charge >= 0.3 is 0 Å². The fourth-order valence-corrected chi connectivity index (χ4v) is 3.21. The van der Waals surface area contributed by atoms with Crippen LogP contribution in [0.2, 0.25) is 0 Å². The molecule has 3 rings (SSSR count). The molecule has 0 bridgehead atoms. The molecule has 2 unspecified atom stereocenters. The highest BCUT2D eigenvalue weighted by Gasteiger charge is 2.34. The van der Waals surface area contributed by atoms with Gasteiger partial charge in [-0.15, -0.1) is 0 Å². The van der Waals surface area contributed by atoms with E-state index in [4.69, 9.17) is 4.42 Å². The van der Waals surface area contributed by atoms with Crippen molar-refractivity contribution in [1.29, 1.82) is 0 Å². The van der Waals surface area contributed by atoms with E-state index < -0.39 is 17.7 Å². The van der Waals surface area contributed by atoms with Gasteiger partial charge in [0.05, 0.1) is 6.10 Å². The maximum absolute atomic E-state index is 14.1. The van der Waals surface area contributed by atoms with Gasteiger partial charge in [-0.2, -0.15) is 0 Å². The van der Waals surface area contributed by atoms with E-state index in [0.717, 1.165) is 29.2 Å². The number of hydrogen-bond acceptors (Lipinski definition) is 3. The van der Waals surface area contributed by atoms with Crippen molar-refractivity contribution in [3.63, 3.8) is 0 Å². The summed E-state index contributed by atoms with van der Waals surface area (Å²) in [7, 11) is 0. The minimum Gasteiger partial charge on any atom is -0.466 e. The molecule has 0 amide bonds. The van der Waals surface area contributed by atoms with Crippen molar-refractivity contribution in [1.82, 2.24) is 4.90 Å². The maximum Gasteiger partial charge on any atom is 0.128 e. The molecule has 0 spiro atoms. The Morgan fingerprint density at radius 2 is 2.05 bits per heavy atom. The van der Waals surface area contributed by atoms with Gasteiger partial charge in [-0.1, -0.05) is 0 Å². The SMILES string of the molecule is Cc1cc(CN2CC(O)CC2c2cc(F)ccc2F)c(C)o1. The third-order valence-electron chi connectivity index (χ3n) is 4.22. The Hall–Kier alpha value is -1.72. The molecule has 0 saturated carbocycles. The summed E-state index contributed by atoms with van der Waals surface area (Å²) in [6.07, 6.45) is -0.142. The standard InChI is InChI=1S/C17H19F2NO2/c1-10-5-12(11(2)22-10)8-20-9-14(21)7-17(20)15-6-13(18)3-4-16(15)19/h3-6,14,17,21H,7-9H2,1-2H3. The summed E-state index contributed by atoms with van der Waals surface area (Å²) in [6, 6.07) is 5.08. The molecule has 1 fully saturated rings. The number of rotatable bonds is 3. The smallest absolute Gasteiger partial charge is 0.128 e. The molecular formula is C17H19F2NO2. The summed E-state index contributed by atoms with van der Waals surface area (Å²) in [5.74, 6) is 0.733. The van der Waals surface area contributed by atoms with E-state index in [1.54, 1.807) is 0 Å². The zero-order valence-electron chi connectivity index (χ0n) is 12.6. The molecule has 5 heteroatoms. The zero-order chi connectivity index (χ0) is 15.9. The zero-order valence-corrected chi connectivity index (χ0v) is 12.6.